The number of nitrogens with one attached hydrogen (secondary N) is 2. The summed E-state index contributed by atoms with van der Waals surface area (Å²) < 4.78 is 0. The first-order valence-corrected chi connectivity index (χ1v) is 9.39. The maximum Gasteiger partial charge on any atom is 0.256 e. The van der Waals surface area contributed by atoms with Crippen LogP contribution in [-0.2, 0) is 12.8 Å². The summed E-state index contributed by atoms with van der Waals surface area (Å²) >= 11 is 1.37. The summed E-state index contributed by atoms with van der Waals surface area (Å²) in [7, 11) is 3.62. The van der Waals surface area contributed by atoms with Crippen LogP contribution < -0.4 is 10.6 Å². The molecule has 6 heteroatoms. The van der Waals surface area contributed by atoms with Crippen LogP contribution in [0.15, 0.2) is 29.6 Å². The molecular formula is C19H23N3O2S. The molecule has 0 fully saturated rings. The zero-order valence-corrected chi connectivity index (χ0v) is 15.4. The van der Waals surface area contributed by atoms with E-state index in [1.54, 1.807) is 18.0 Å². The van der Waals surface area contributed by atoms with E-state index in [2.05, 4.69) is 10.6 Å². The van der Waals surface area contributed by atoms with Crippen LogP contribution in [0.25, 0.3) is 0 Å². The van der Waals surface area contributed by atoms with Crippen molar-refractivity contribution >= 4 is 28.2 Å². The Kier molecular flexibility index (Phi) is 5.50. The Morgan fingerprint density at radius 2 is 2.00 bits per heavy atom. The fourth-order valence-electron chi connectivity index (χ4n) is 3.05. The van der Waals surface area contributed by atoms with E-state index in [0.29, 0.717) is 22.7 Å². The van der Waals surface area contributed by atoms with Gasteiger partial charge >= 0.3 is 0 Å². The number of hydrogen-bond donors (Lipinski definition) is 2. The van der Waals surface area contributed by atoms with Crippen LogP contribution in [0, 0.1) is 0 Å². The third-order valence-electron chi connectivity index (χ3n) is 4.53. The Morgan fingerprint density at radius 1 is 1.20 bits per heavy atom. The molecule has 0 radical (unpaired) electrons. The molecule has 0 aliphatic heterocycles. The van der Waals surface area contributed by atoms with Gasteiger partial charge in [-0.3, -0.25) is 9.59 Å². The average Bonchev–Trinajstić information content (AvgIpc) is 3.27. The number of rotatable bonds is 6. The lowest BCUT2D eigenvalue weighted by Crippen LogP contribution is -2.33. The normalized spacial score (nSPS) is 12.7. The van der Waals surface area contributed by atoms with Crippen LogP contribution in [0.2, 0.25) is 0 Å². The van der Waals surface area contributed by atoms with Gasteiger partial charge in [-0.15, -0.1) is 11.3 Å². The highest BCUT2D eigenvalue weighted by molar-refractivity contribution is 7.14. The molecule has 2 N–H and O–H groups in total. The van der Waals surface area contributed by atoms with E-state index in [9.17, 15) is 9.59 Å². The predicted octanol–water partition coefficient (Wildman–Crippen LogP) is 2.78. The summed E-state index contributed by atoms with van der Waals surface area (Å²) in [5.41, 5.74) is 3.80. The molecule has 0 unspecified atom stereocenters. The van der Waals surface area contributed by atoms with E-state index in [-0.39, 0.29) is 11.8 Å². The Hall–Kier alpha value is -2.18. The standard InChI is InChI=1S/C19H23N3O2S/c1-20-9-10-22(2)19(24)16-8-11-25-18(16)21-17(23)15-7-6-13-4-3-5-14(13)12-15/h6-8,11-12,20H,3-5,9-10H2,1-2H3,(H,21,23). The van der Waals surface area contributed by atoms with Gasteiger partial charge in [-0.25, -0.2) is 0 Å². The maximum atomic E-state index is 12.6. The Bertz CT molecular complexity index is 785. The zero-order valence-electron chi connectivity index (χ0n) is 14.6. The predicted molar refractivity (Wildman–Crippen MR) is 102 cm³/mol. The summed E-state index contributed by atoms with van der Waals surface area (Å²) in [6.45, 7) is 1.34. The van der Waals surface area contributed by atoms with Crippen molar-refractivity contribution < 1.29 is 9.59 Å². The number of carbonyl (C=O) groups is 2. The summed E-state index contributed by atoms with van der Waals surface area (Å²) in [6, 6.07) is 7.66. The minimum absolute atomic E-state index is 0.0826. The summed E-state index contributed by atoms with van der Waals surface area (Å²) in [5, 5.41) is 8.37. The minimum atomic E-state index is -0.163. The highest BCUT2D eigenvalue weighted by atomic mass is 32.1. The fourth-order valence-corrected chi connectivity index (χ4v) is 3.82. The van der Waals surface area contributed by atoms with Gasteiger partial charge in [-0.1, -0.05) is 6.07 Å². The third kappa shape index (κ3) is 3.91. The molecule has 1 aliphatic carbocycles. The van der Waals surface area contributed by atoms with E-state index in [1.165, 1.54) is 22.5 Å². The minimum Gasteiger partial charge on any atom is -0.340 e. The molecule has 0 spiro atoms. The van der Waals surface area contributed by atoms with Crippen LogP contribution in [-0.4, -0.2) is 43.9 Å². The molecule has 25 heavy (non-hydrogen) atoms. The molecule has 1 aromatic heterocycles. The van der Waals surface area contributed by atoms with E-state index in [4.69, 9.17) is 0 Å². The van der Waals surface area contributed by atoms with E-state index >= 15 is 0 Å². The monoisotopic (exact) mass is 357 g/mol. The third-order valence-corrected chi connectivity index (χ3v) is 5.36. The molecular weight excluding hydrogens is 334 g/mol. The molecule has 1 aromatic carbocycles. The largest absolute Gasteiger partial charge is 0.340 e. The van der Waals surface area contributed by atoms with Crippen LogP contribution in [0.3, 0.4) is 0 Å². The van der Waals surface area contributed by atoms with Gasteiger partial charge in [0.25, 0.3) is 11.8 Å². The number of fused-ring (bicyclic) bond motifs is 1. The van der Waals surface area contributed by atoms with Crippen molar-refractivity contribution in [2.24, 2.45) is 0 Å². The lowest BCUT2D eigenvalue weighted by molar-refractivity contribution is 0.0798. The van der Waals surface area contributed by atoms with Gasteiger partial charge < -0.3 is 15.5 Å². The molecule has 132 valence electrons. The molecule has 0 atom stereocenters. The molecule has 5 nitrogen and oxygen atoms in total. The first-order chi connectivity index (χ1) is 12.1. The molecule has 2 aromatic rings. The van der Waals surface area contributed by atoms with Gasteiger partial charge in [-0.2, -0.15) is 0 Å². The van der Waals surface area contributed by atoms with Crippen molar-refractivity contribution in [2.45, 2.75) is 19.3 Å². The number of hydrogen-bond acceptors (Lipinski definition) is 4. The number of aryl methyl sites for hydroxylation is 2. The van der Waals surface area contributed by atoms with Crippen molar-refractivity contribution in [1.82, 2.24) is 10.2 Å². The SMILES string of the molecule is CNCCN(C)C(=O)c1ccsc1NC(=O)c1ccc2c(c1)CCC2. The Labute approximate surface area is 152 Å². The van der Waals surface area contributed by atoms with Gasteiger partial charge in [0.2, 0.25) is 0 Å². The van der Waals surface area contributed by atoms with Crippen molar-refractivity contribution in [1.29, 1.82) is 0 Å². The highest BCUT2D eigenvalue weighted by Crippen LogP contribution is 2.27. The number of benzene rings is 1. The molecule has 3 rings (SSSR count). The number of anilines is 1. The van der Waals surface area contributed by atoms with Gasteiger partial charge in [0.15, 0.2) is 0 Å². The molecule has 0 saturated heterocycles. The fraction of sp³-hybridized carbons (Fsp3) is 0.368. The van der Waals surface area contributed by atoms with Gasteiger partial charge in [0.05, 0.1) is 5.56 Å². The Morgan fingerprint density at radius 3 is 2.80 bits per heavy atom. The first kappa shape index (κ1) is 17.6. The second-order valence-electron chi connectivity index (χ2n) is 6.28. The second kappa shape index (κ2) is 7.80. The summed E-state index contributed by atoms with van der Waals surface area (Å²) in [6.07, 6.45) is 3.29. The zero-order chi connectivity index (χ0) is 17.8. The number of carbonyl (C=O) groups excluding carboxylic acids is 2. The summed E-state index contributed by atoms with van der Waals surface area (Å²) in [5.74, 6) is -0.246. The number of amides is 2. The maximum absolute atomic E-state index is 12.6. The Balaban J connectivity index is 1.72. The van der Waals surface area contributed by atoms with Crippen LogP contribution >= 0.6 is 11.3 Å². The second-order valence-corrected chi connectivity index (χ2v) is 7.20. The van der Waals surface area contributed by atoms with E-state index in [0.717, 1.165) is 25.8 Å². The van der Waals surface area contributed by atoms with Crippen molar-refractivity contribution in [3.8, 4) is 0 Å². The number of likely N-dealkylation sites (N-methyl/N-ethyl adjacent to an activating group) is 2. The van der Waals surface area contributed by atoms with Crippen molar-refractivity contribution in [2.75, 3.05) is 32.5 Å². The molecule has 0 saturated carbocycles. The molecule has 1 aliphatic rings. The van der Waals surface area contributed by atoms with E-state index < -0.39 is 0 Å². The van der Waals surface area contributed by atoms with Crippen molar-refractivity contribution in [3.05, 3.63) is 51.9 Å². The molecule has 1 heterocycles. The average molecular weight is 357 g/mol. The lowest BCUT2D eigenvalue weighted by atomic mass is 10.1. The molecule has 0 bridgehead atoms. The molecule has 2 amide bonds. The number of thiophene rings is 1. The van der Waals surface area contributed by atoms with Crippen LogP contribution in [0.5, 0.6) is 0 Å². The smallest absolute Gasteiger partial charge is 0.256 e. The topological polar surface area (TPSA) is 61.4 Å². The van der Waals surface area contributed by atoms with Gasteiger partial charge in [0, 0.05) is 25.7 Å². The van der Waals surface area contributed by atoms with Gasteiger partial charge in [0.1, 0.15) is 5.00 Å². The quantitative estimate of drug-likeness (QED) is 0.836. The number of nitrogens with zero attached hydrogens (tertiary/aromatic N) is 1. The van der Waals surface area contributed by atoms with Gasteiger partial charge in [-0.05, 0) is 61.0 Å². The van der Waals surface area contributed by atoms with Crippen LogP contribution in [0.4, 0.5) is 5.00 Å². The lowest BCUT2D eigenvalue weighted by Gasteiger charge is -2.17. The highest BCUT2D eigenvalue weighted by Gasteiger charge is 2.20. The van der Waals surface area contributed by atoms with E-state index in [1.807, 2.05) is 30.6 Å². The van der Waals surface area contributed by atoms with Crippen LogP contribution in [0.1, 0.15) is 38.3 Å². The summed E-state index contributed by atoms with van der Waals surface area (Å²) in [4.78, 5) is 26.8. The first-order valence-electron chi connectivity index (χ1n) is 8.51. The van der Waals surface area contributed by atoms with Crippen molar-refractivity contribution in [3.63, 3.8) is 0 Å².